The maximum atomic E-state index is 12.3. The molecular weight excluding hydrogens is 404 g/mol. The molecule has 0 radical (unpaired) electrons. The van der Waals surface area contributed by atoms with Gasteiger partial charge < -0.3 is 14.2 Å². The van der Waals surface area contributed by atoms with Crippen LogP contribution in [-0.2, 0) is 9.84 Å². The molecule has 148 valence electrons. The van der Waals surface area contributed by atoms with Crippen LogP contribution in [0.3, 0.4) is 0 Å². The van der Waals surface area contributed by atoms with Crippen molar-refractivity contribution in [2.75, 3.05) is 6.26 Å². The number of benzene rings is 1. The number of carbonyl (C=O) groups is 1. The first-order chi connectivity index (χ1) is 13.3. The van der Waals surface area contributed by atoms with Crippen molar-refractivity contribution in [3.05, 3.63) is 47.0 Å². The molecule has 0 unspecified atom stereocenters. The summed E-state index contributed by atoms with van der Waals surface area (Å²) in [6.45, 7) is 0. The van der Waals surface area contributed by atoms with Gasteiger partial charge in [-0.15, -0.1) is 0 Å². The average molecular weight is 423 g/mol. The van der Waals surface area contributed by atoms with E-state index in [2.05, 4.69) is 10.3 Å². The number of fused-ring (bicyclic) bond motifs is 1. The van der Waals surface area contributed by atoms with Gasteiger partial charge in [0.1, 0.15) is 5.52 Å². The molecule has 1 amide bonds. The van der Waals surface area contributed by atoms with Crippen molar-refractivity contribution in [1.82, 2.24) is 10.3 Å². The van der Waals surface area contributed by atoms with Crippen molar-refractivity contribution < 1.29 is 22.0 Å². The average Bonchev–Trinajstić information content (AvgIpc) is 3.29. The number of amides is 1. The van der Waals surface area contributed by atoms with Crippen molar-refractivity contribution >= 4 is 38.4 Å². The summed E-state index contributed by atoms with van der Waals surface area (Å²) in [5, 5.41) is 3.32. The van der Waals surface area contributed by atoms with Gasteiger partial charge >= 0.3 is 0 Å². The van der Waals surface area contributed by atoms with E-state index in [4.69, 9.17) is 20.4 Å². The molecule has 1 aliphatic rings. The maximum absolute atomic E-state index is 12.3. The van der Waals surface area contributed by atoms with E-state index in [1.165, 1.54) is 12.1 Å². The second kappa shape index (κ2) is 7.25. The van der Waals surface area contributed by atoms with Crippen LogP contribution in [-0.4, -0.2) is 31.6 Å². The quantitative estimate of drug-likeness (QED) is 0.683. The molecule has 1 fully saturated rings. The number of furan rings is 1. The molecule has 7 nitrogen and oxygen atoms in total. The third-order valence-corrected chi connectivity index (χ3v) is 6.13. The van der Waals surface area contributed by atoms with Crippen LogP contribution >= 0.6 is 11.6 Å². The lowest BCUT2D eigenvalue weighted by Crippen LogP contribution is -2.37. The van der Waals surface area contributed by atoms with Gasteiger partial charge in [0, 0.05) is 23.2 Å². The molecule has 1 N–H and O–H groups in total. The van der Waals surface area contributed by atoms with E-state index in [9.17, 15) is 13.2 Å². The van der Waals surface area contributed by atoms with Gasteiger partial charge in [-0.1, -0.05) is 11.6 Å². The highest BCUT2D eigenvalue weighted by Gasteiger charge is 2.28. The first-order valence-corrected chi connectivity index (χ1v) is 11.2. The molecule has 3 aromatic rings. The zero-order chi connectivity index (χ0) is 19.9. The molecule has 0 bridgehead atoms. The Balaban J connectivity index is 1.37. The lowest BCUT2D eigenvalue weighted by molar-refractivity contribution is 0.0891. The zero-order valence-electron chi connectivity index (χ0n) is 15.1. The Bertz CT molecular complexity index is 1130. The first kappa shape index (κ1) is 19.0. The van der Waals surface area contributed by atoms with E-state index in [-0.39, 0.29) is 22.8 Å². The van der Waals surface area contributed by atoms with Crippen molar-refractivity contribution in [3.63, 3.8) is 0 Å². The summed E-state index contributed by atoms with van der Waals surface area (Å²) in [6, 6.07) is 8.03. The number of halogens is 1. The molecule has 2 aromatic heterocycles. The first-order valence-electron chi connectivity index (χ1n) is 8.96. The topological polar surface area (TPSA) is 102 Å². The van der Waals surface area contributed by atoms with E-state index in [0.717, 1.165) is 37.5 Å². The second-order valence-electron chi connectivity index (χ2n) is 7.08. The molecule has 1 aromatic carbocycles. The number of aromatic nitrogens is 1. The van der Waals surface area contributed by atoms with E-state index in [1.54, 1.807) is 12.1 Å². The lowest BCUT2D eigenvalue weighted by atomic mass is 9.86. The third kappa shape index (κ3) is 3.93. The molecular formula is C19H19ClN2O5S. The SMILES string of the molecule is CS(=O)(=O)c1ccc(C(=O)N[C@H]2CC[C@H](c3nc4cc(Cl)ccc4o3)CC2)o1. The summed E-state index contributed by atoms with van der Waals surface area (Å²) in [7, 11) is -3.47. The van der Waals surface area contributed by atoms with E-state index in [1.807, 2.05) is 6.07 Å². The molecule has 0 saturated heterocycles. The van der Waals surface area contributed by atoms with Gasteiger partial charge in [0.25, 0.3) is 5.91 Å². The second-order valence-corrected chi connectivity index (χ2v) is 9.46. The van der Waals surface area contributed by atoms with Crippen LogP contribution < -0.4 is 5.32 Å². The fourth-order valence-corrected chi connectivity index (χ4v) is 4.20. The Morgan fingerprint density at radius 3 is 2.57 bits per heavy atom. The van der Waals surface area contributed by atoms with Crippen LogP contribution in [0.25, 0.3) is 11.1 Å². The molecule has 2 heterocycles. The fourth-order valence-electron chi connectivity index (χ4n) is 3.48. The molecule has 1 saturated carbocycles. The van der Waals surface area contributed by atoms with Crippen molar-refractivity contribution in [1.29, 1.82) is 0 Å². The van der Waals surface area contributed by atoms with Crippen molar-refractivity contribution in [3.8, 4) is 0 Å². The number of carbonyl (C=O) groups excluding carboxylic acids is 1. The smallest absolute Gasteiger partial charge is 0.287 e. The largest absolute Gasteiger partial charge is 0.440 e. The summed E-state index contributed by atoms with van der Waals surface area (Å²) in [5.74, 6) is 0.485. The summed E-state index contributed by atoms with van der Waals surface area (Å²) in [5.41, 5.74) is 1.46. The Labute approximate surface area is 167 Å². The summed E-state index contributed by atoms with van der Waals surface area (Å²) in [6.07, 6.45) is 4.25. The van der Waals surface area contributed by atoms with Crippen molar-refractivity contribution in [2.45, 2.75) is 42.7 Å². The van der Waals surface area contributed by atoms with Gasteiger partial charge in [-0.25, -0.2) is 13.4 Å². The number of nitrogens with one attached hydrogen (secondary N) is 1. The number of nitrogens with zero attached hydrogens (tertiary/aromatic N) is 1. The van der Waals surface area contributed by atoms with Crippen LogP contribution in [0.15, 0.2) is 44.3 Å². The molecule has 28 heavy (non-hydrogen) atoms. The predicted molar refractivity (Wildman–Crippen MR) is 103 cm³/mol. The number of rotatable bonds is 4. The van der Waals surface area contributed by atoms with Crippen LogP contribution in [0, 0.1) is 0 Å². The van der Waals surface area contributed by atoms with Gasteiger partial charge in [0.05, 0.1) is 0 Å². The number of oxazole rings is 1. The molecule has 0 aliphatic heterocycles. The van der Waals surface area contributed by atoms with Gasteiger partial charge in [0.2, 0.25) is 14.9 Å². The number of hydrogen-bond acceptors (Lipinski definition) is 6. The zero-order valence-corrected chi connectivity index (χ0v) is 16.7. The van der Waals surface area contributed by atoms with Gasteiger partial charge in [-0.3, -0.25) is 4.79 Å². The van der Waals surface area contributed by atoms with Gasteiger partial charge in [0.15, 0.2) is 17.2 Å². The van der Waals surface area contributed by atoms with Crippen LogP contribution in [0.2, 0.25) is 5.02 Å². The number of sulfone groups is 1. The fraction of sp³-hybridized carbons (Fsp3) is 0.368. The Hall–Kier alpha value is -2.32. The highest BCUT2D eigenvalue weighted by molar-refractivity contribution is 7.90. The van der Waals surface area contributed by atoms with Crippen LogP contribution in [0.1, 0.15) is 48.0 Å². The summed E-state index contributed by atoms with van der Waals surface area (Å²) in [4.78, 5) is 16.9. The minimum absolute atomic E-state index is 0.00150. The Morgan fingerprint density at radius 2 is 1.89 bits per heavy atom. The molecule has 4 rings (SSSR count). The van der Waals surface area contributed by atoms with Gasteiger partial charge in [-0.05, 0) is 56.0 Å². The highest BCUT2D eigenvalue weighted by atomic mass is 35.5. The number of hydrogen-bond donors (Lipinski definition) is 1. The normalized spacial score (nSPS) is 20.4. The minimum atomic E-state index is -3.47. The summed E-state index contributed by atoms with van der Waals surface area (Å²) < 4.78 is 33.9. The molecule has 9 heteroatoms. The summed E-state index contributed by atoms with van der Waals surface area (Å²) >= 11 is 6.00. The molecule has 0 spiro atoms. The Kier molecular flexibility index (Phi) is 4.93. The van der Waals surface area contributed by atoms with E-state index in [0.29, 0.717) is 16.5 Å². The molecule has 0 atom stereocenters. The Morgan fingerprint density at radius 1 is 1.14 bits per heavy atom. The van der Waals surface area contributed by atoms with Crippen molar-refractivity contribution in [2.24, 2.45) is 0 Å². The van der Waals surface area contributed by atoms with E-state index >= 15 is 0 Å². The van der Waals surface area contributed by atoms with E-state index < -0.39 is 15.7 Å². The standard InChI is InChI=1S/C19H19ClN2O5S/c1-28(24,25)17-9-8-16(26-17)18(23)21-13-5-2-11(3-6-13)19-22-14-10-12(20)4-7-15(14)27-19/h4,7-11,13H,2-3,5-6H2,1H3,(H,21,23)/t11-,13-. The highest BCUT2D eigenvalue weighted by Crippen LogP contribution is 2.34. The monoisotopic (exact) mass is 422 g/mol. The van der Waals surface area contributed by atoms with Crippen LogP contribution in [0.4, 0.5) is 0 Å². The maximum Gasteiger partial charge on any atom is 0.287 e. The minimum Gasteiger partial charge on any atom is -0.440 e. The predicted octanol–water partition coefficient (Wildman–Crippen LogP) is 3.93. The van der Waals surface area contributed by atoms with Gasteiger partial charge in [-0.2, -0.15) is 0 Å². The lowest BCUT2D eigenvalue weighted by Gasteiger charge is -2.27. The third-order valence-electron chi connectivity index (χ3n) is 4.95. The van der Waals surface area contributed by atoms with Crippen LogP contribution in [0.5, 0.6) is 0 Å². The molecule has 1 aliphatic carbocycles.